The molecule has 0 aromatic carbocycles. The molecular formula is C16H28N4O. The van der Waals surface area contributed by atoms with E-state index in [0.29, 0.717) is 12.0 Å². The number of nitrogens with one attached hydrogen (secondary N) is 1. The first-order valence-electron chi connectivity index (χ1n) is 7.91. The highest BCUT2D eigenvalue weighted by Crippen LogP contribution is 2.18. The van der Waals surface area contributed by atoms with Gasteiger partial charge < -0.3 is 15.0 Å². The molecule has 1 aliphatic rings. The number of rotatable bonds is 6. The number of aromatic nitrogens is 2. The van der Waals surface area contributed by atoms with Gasteiger partial charge in [0, 0.05) is 44.2 Å². The van der Waals surface area contributed by atoms with Gasteiger partial charge in [0.25, 0.3) is 0 Å². The zero-order valence-corrected chi connectivity index (χ0v) is 13.7. The molecule has 0 radical (unpaired) electrons. The number of ether oxygens (including phenoxy) is 1. The van der Waals surface area contributed by atoms with Gasteiger partial charge in [-0.1, -0.05) is 13.8 Å². The fourth-order valence-corrected chi connectivity index (χ4v) is 2.59. The molecule has 0 aliphatic carbocycles. The van der Waals surface area contributed by atoms with Gasteiger partial charge in [0.1, 0.15) is 0 Å². The summed E-state index contributed by atoms with van der Waals surface area (Å²) < 4.78 is 5.41. The monoisotopic (exact) mass is 292 g/mol. The summed E-state index contributed by atoms with van der Waals surface area (Å²) in [4.78, 5) is 11.5. The van der Waals surface area contributed by atoms with Crippen LogP contribution in [0.4, 0.5) is 5.95 Å². The molecule has 0 atom stereocenters. The second kappa shape index (κ2) is 7.71. The van der Waals surface area contributed by atoms with Gasteiger partial charge >= 0.3 is 0 Å². The molecule has 5 nitrogen and oxygen atoms in total. The molecule has 0 unspecified atom stereocenters. The second-order valence-electron chi connectivity index (χ2n) is 6.23. The highest BCUT2D eigenvalue weighted by atomic mass is 16.5. The van der Waals surface area contributed by atoms with Crippen molar-refractivity contribution in [2.75, 3.05) is 31.6 Å². The minimum Gasteiger partial charge on any atom is -0.381 e. The number of hydrogen-bond acceptors (Lipinski definition) is 5. The Balaban J connectivity index is 1.92. The lowest BCUT2D eigenvalue weighted by Crippen LogP contribution is -2.37. The maximum atomic E-state index is 5.41. The van der Waals surface area contributed by atoms with Crippen molar-refractivity contribution in [3.8, 4) is 0 Å². The molecule has 1 fully saturated rings. The van der Waals surface area contributed by atoms with Crippen LogP contribution in [-0.4, -0.2) is 42.8 Å². The van der Waals surface area contributed by atoms with Crippen LogP contribution in [0, 0.1) is 12.8 Å². The fourth-order valence-electron chi connectivity index (χ4n) is 2.59. The smallest absolute Gasteiger partial charge is 0.225 e. The van der Waals surface area contributed by atoms with Gasteiger partial charge in [0.15, 0.2) is 0 Å². The van der Waals surface area contributed by atoms with Gasteiger partial charge in [0.2, 0.25) is 5.95 Å². The predicted molar refractivity (Wildman–Crippen MR) is 85.6 cm³/mol. The van der Waals surface area contributed by atoms with Crippen molar-refractivity contribution < 1.29 is 4.74 Å². The summed E-state index contributed by atoms with van der Waals surface area (Å²) in [7, 11) is 1.79. The maximum absolute atomic E-state index is 5.41. The van der Waals surface area contributed by atoms with Crippen LogP contribution in [0.5, 0.6) is 0 Å². The highest BCUT2D eigenvalue weighted by molar-refractivity contribution is 5.33. The van der Waals surface area contributed by atoms with Crippen LogP contribution in [-0.2, 0) is 11.3 Å². The first-order valence-corrected chi connectivity index (χ1v) is 7.91. The highest BCUT2D eigenvalue weighted by Gasteiger charge is 2.20. The van der Waals surface area contributed by atoms with E-state index >= 15 is 0 Å². The predicted octanol–water partition coefficient (Wildman–Crippen LogP) is 2.15. The minimum atomic E-state index is 0.391. The fraction of sp³-hybridized carbons (Fsp3) is 0.750. The van der Waals surface area contributed by atoms with Gasteiger partial charge in [-0.05, 0) is 32.2 Å². The van der Waals surface area contributed by atoms with Crippen LogP contribution in [0.1, 0.15) is 37.9 Å². The van der Waals surface area contributed by atoms with Crippen molar-refractivity contribution in [2.45, 2.75) is 46.3 Å². The third-order valence-corrected chi connectivity index (χ3v) is 3.99. The summed E-state index contributed by atoms with van der Waals surface area (Å²) in [5.41, 5.74) is 2.26. The summed E-state index contributed by atoms with van der Waals surface area (Å²) in [5, 5.41) is 3.44. The second-order valence-corrected chi connectivity index (χ2v) is 6.23. The van der Waals surface area contributed by atoms with Crippen LogP contribution >= 0.6 is 0 Å². The zero-order chi connectivity index (χ0) is 15.2. The molecule has 5 heteroatoms. The van der Waals surface area contributed by atoms with Gasteiger partial charge in [-0.3, -0.25) is 0 Å². The average molecular weight is 292 g/mol. The summed E-state index contributed by atoms with van der Waals surface area (Å²) in [6, 6.07) is 0. The van der Waals surface area contributed by atoms with Crippen LogP contribution in [0.25, 0.3) is 0 Å². The van der Waals surface area contributed by atoms with Gasteiger partial charge in [-0.2, -0.15) is 0 Å². The maximum Gasteiger partial charge on any atom is 0.225 e. The third kappa shape index (κ3) is 4.64. The molecule has 1 aromatic heterocycles. The topological polar surface area (TPSA) is 50.3 Å². The van der Waals surface area contributed by atoms with Crippen molar-refractivity contribution in [1.29, 1.82) is 0 Å². The van der Waals surface area contributed by atoms with Gasteiger partial charge in [0.05, 0.1) is 6.10 Å². The lowest BCUT2D eigenvalue weighted by atomic mass is 10.1. The number of anilines is 1. The van der Waals surface area contributed by atoms with Crippen molar-refractivity contribution >= 4 is 5.95 Å². The van der Waals surface area contributed by atoms with Crippen molar-refractivity contribution in [1.82, 2.24) is 15.3 Å². The Labute approximate surface area is 128 Å². The molecule has 0 spiro atoms. The molecule has 0 amide bonds. The van der Waals surface area contributed by atoms with E-state index in [4.69, 9.17) is 4.74 Å². The number of nitrogens with zero attached hydrogens (tertiary/aromatic N) is 3. The molecule has 0 saturated carbocycles. The van der Waals surface area contributed by atoms with Crippen LogP contribution in [0.2, 0.25) is 0 Å². The minimum absolute atomic E-state index is 0.391. The lowest BCUT2D eigenvalue weighted by molar-refractivity contribution is 0.0816. The molecule has 118 valence electrons. The standard InChI is InChI=1S/C16H28N4O/c1-12(2)9-17-10-14-11-18-16(19-13(14)3)20-7-5-15(21-4)6-8-20/h11-12,15,17H,5-10H2,1-4H3. The summed E-state index contributed by atoms with van der Waals surface area (Å²) in [6.07, 6.45) is 4.46. The number of aryl methyl sites for hydroxylation is 1. The van der Waals surface area contributed by atoms with Crippen LogP contribution < -0.4 is 10.2 Å². The van der Waals surface area contributed by atoms with E-state index in [1.165, 1.54) is 5.56 Å². The van der Waals surface area contributed by atoms with Gasteiger partial charge in [-0.15, -0.1) is 0 Å². The van der Waals surface area contributed by atoms with Crippen LogP contribution in [0.15, 0.2) is 6.20 Å². The van der Waals surface area contributed by atoms with E-state index in [1.807, 2.05) is 6.20 Å². The van der Waals surface area contributed by atoms with E-state index in [-0.39, 0.29) is 0 Å². The number of methoxy groups -OCH3 is 1. The summed E-state index contributed by atoms with van der Waals surface area (Å²) >= 11 is 0. The first kappa shape index (κ1) is 16.2. The Morgan fingerprint density at radius 2 is 2.10 bits per heavy atom. The zero-order valence-electron chi connectivity index (χ0n) is 13.7. The molecular weight excluding hydrogens is 264 g/mol. The van der Waals surface area contributed by atoms with E-state index < -0.39 is 0 Å². The molecule has 1 aliphatic heterocycles. The summed E-state index contributed by atoms with van der Waals surface area (Å²) in [5.74, 6) is 1.52. The third-order valence-electron chi connectivity index (χ3n) is 3.99. The van der Waals surface area contributed by atoms with E-state index in [2.05, 4.69) is 41.0 Å². The van der Waals surface area contributed by atoms with Crippen molar-refractivity contribution in [3.63, 3.8) is 0 Å². The Bertz CT molecular complexity index is 442. The van der Waals surface area contributed by atoms with Gasteiger partial charge in [-0.25, -0.2) is 9.97 Å². The SMILES string of the molecule is COC1CCN(c2ncc(CNCC(C)C)c(C)n2)CC1. The molecule has 1 N–H and O–H groups in total. The Hall–Kier alpha value is -1.20. The molecule has 2 heterocycles. The number of piperidine rings is 1. The average Bonchev–Trinajstić information content (AvgIpc) is 2.48. The van der Waals surface area contributed by atoms with E-state index in [9.17, 15) is 0 Å². The van der Waals surface area contributed by atoms with E-state index in [1.54, 1.807) is 7.11 Å². The quantitative estimate of drug-likeness (QED) is 0.870. The Kier molecular flexibility index (Phi) is 5.94. The first-order chi connectivity index (χ1) is 10.1. The Morgan fingerprint density at radius 3 is 2.67 bits per heavy atom. The number of hydrogen-bond donors (Lipinski definition) is 1. The van der Waals surface area contributed by atoms with E-state index in [0.717, 1.165) is 50.7 Å². The molecule has 1 saturated heterocycles. The Morgan fingerprint density at radius 1 is 1.38 bits per heavy atom. The lowest BCUT2D eigenvalue weighted by Gasteiger charge is -2.31. The molecule has 2 rings (SSSR count). The molecule has 0 bridgehead atoms. The largest absolute Gasteiger partial charge is 0.381 e. The van der Waals surface area contributed by atoms with Crippen LogP contribution in [0.3, 0.4) is 0 Å². The molecule has 1 aromatic rings. The normalized spacial score (nSPS) is 16.7. The summed E-state index contributed by atoms with van der Waals surface area (Å²) in [6.45, 7) is 10.3. The van der Waals surface area contributed by atoms with Crippen molar-refractivity contribution in [2.24, 2.45) is 5.92 Å². The molecule has 21 heavy (non-hydrogen) atoms. The van der Waals surface area contributed by atoms with Crippen molar-refractivity contribution in [3.05, 3.63) is 17.5 Å².